The van der Waals surface area contributed by atoms with Crippen molar-refractivity contribution in [3.05, 3.63) is 52.4 Å². The van der Waals surface area contributed by atoms with Crippen LogP contribution < -0.4 is 16.4 Å². The van der Waals surface area contributed by atoms with Crippen molar-refractivity contribution in [3.63, 3.8) is 0 Å². The number of nitrogens with two attached hydrogens (primary N) is 1. The lowest BCUT2D eigenvalue weighted by atomic mass is 10.0. The fraction of sp³-hybridized carbons (Fsp3) is 0.259. The molecule has 0 saturated carbocycles. The van der Waals surface area contributed by atoms with Gasteiger partial charge in [0.15, 0.2) is 16.6 Å². The summed E-state index contributed by atoms with van der Waals surface area (Å²) >= 11 is 2.10. The number of carbonyl (C=O) groups is 5. The number of fused-ring (bicyclic) bond motifs is 2. The van der Waals surface area contributed by atoms with Crippen LogP contribution in [0.5, 0.6) is 11.6 Å². The number of amides is 3. The zero-order chi connectivity index (χ0) is 34.2. The molecule has 4 heterocycles. The molecule has 1 fully saturated rings. The summed E-state index contributed by atoms with van der Waals surface area (Å²) in [5.74, 6) is -5.76. The van der Waals surface area contributed by atoms with E-state index in [0.29, 0.717) is 0 Å². The van der Waals surface area contributed by atoms with Crippen LogP contribution in [-0.4, -0.2) is 100 Å². The molecule has 20 heteroatoms. The molecule has 246 valence electrons. The second-order valence-electron chi connectivity index (χ2n) is 10.4. The Balaban J connectivity index is 1.35. The Morgan fingerprint density at radius 3 is 2.55 bits per heavy atom. The number of oxime groups is 1. The number of carboxylic acids is 1. The maximum Gasteiger partial charge on any atom is 0.512 e. The number of aromatic nitrogens is 2. The van der Waals surface area contributed by atoms with Crippen LogP contribution in [-0.2, 0) is 24.0 Å². The smallest absolute Gasteiger partial charge is 0.503 e. The Labute approximate surface area is 271 Å². The zero-order valence-electron chi connectivity index (χ0n) is 24.3. The van der Waals surface area contributed by atoms with E-state index in [9.17, 15) is 44.4 Å². The molecule has 18 nitrogen and oxygen atoms in total. The number of rotatable bonds is 10. The van der Waals surface area contributed by atoms with Crippen molar-refractivity contribution >= 4 is 74.7 Å². The number of carbonyl (C=O) groups excluding carboxylic acids is 3. The first kappa shape index (κ1) is 32.8. The Bertz CT molecular complexity index is 1890. The molecular weight excluding hydrogens is 662 g/mol. The third-order valence-corrected chi connectivity index (χ3v) is 8.87. The molecule has 1 aromatic carbocycles. The van der Waals surface area contributed by atoms with Crippen LogP contribution in [0.4, 0.5) is 9.93 Å². The Morgan fingerprint density at radius 1 is 1.17 bits per heavy atom. The third kappa shape index (κ3) is 6.40. The van der Waals surface area contributed by atoms with Crippen molar-refractivity contribution in [2.75, 3.05) is 18.0 Å². The molecule has 2 aliphatic heterocycles. The molecule has 2 atom stereocenters. The summed E-state index contributed by atoms with van der Waals surface area (Å²) in [5, 5.41) is 48.7. The number of para-hydroxylation sites is 1. The second-order valence-corrected chi connectivity index (χ2v) is 12.4. The van der Waals surface area contributed by atoms with Gasteiger partial charge in [0.2, 0.25) is 11.5 Å². The number of hydrogen-bond acceptors (Lipinski definition) is 15. The Hall–Kier alpha value is -5.63. The van der Waals surface area contributed by atoms with Crippen LogP contribution in [0.15, 0.2) is 46.3 Å². The van der Waals surface area contributed by atoms with Gasteiger partial charge in [0.05, 0.1) is 11.1 Å². The highest BCUT2D eigenvalue weighted by atomic mass is 32.2. The van der Waals surface area contributed by atoms with Crippen molar-refractivity contribution in [1.29, 1.82) is 0 Å². The summed E-state index contributed by atoms with van der Waals surface area (Å²) in [7, 11) is 0. The number of nitrogen functional groups attached to an aromatic ring is 1. The van der Waals surface area contributed by atoms with E-state index in [-0.39, 0.29) is 51.0 Å². The molecule has 0 bridgehead atoms. The molecule has 2 aromatic heterocycles. The predicted octanol–water partition coefficient (Wildman–Crippen LogP) is 1.00. The standard InChI is InChI=1S/C27H25N7O11S2/c1-27(2,24(40)41)45-33-15(13-9-47-25(28)31-13)19(37)32-16-21(39)34-22(44-26(42)43)10(8-46-23(16)34)7-29-18(36)14-11-5-3-4-6-12(11)30-20(38)17(14)35/h3-6,9,16,23,35H,7-8H2,1-2H3,(H2,28,31)(H,29,36)(H,30,38)(H,32,37)(H,40,41)(H,42,43)/b33-15-/t16?,23-/m0/s1. The van der Waals surface area contributed by atoms with Crippen molar-refractivity contribution in [3.8, 4) is 11.6 Å². The predicted molar refractivity (Wildman–Crippen MR) is 164 cm³/mol. The van der Waals surface area contributed by atoms with E-state index in [4.69, 9.17) is 15.3 Å². The molecule has 0 aliphatic carbocycles. The van der Waals surface area contributed by atoms with Gasteiger partial charge in [0, 0.05) is 28.6 Å². The molecule has 47 heavy (non-hydrogen) atoms. The quantitative estimate of drug-likeness (QED) is 0.0678. The molecule has 3 aromatic rings. The Kier molecular flexibility index (Phi) is 8.81. The number of carboxylic acid groups (broad SMARTS) is 2. The number of aromatic hydroxyl groups is 2. The number of hydrogen-bond donors (Lipinski definition) is 7. The molecule has 1 unspecified atom stereocenters. The van der Waals surface area contributed by atoms with Gasteiger partial charge >= 0.3 is 12.1 Å². The van der Waals surface area contributed by atoms with E-state index in [1.165, 1.54) is 31.4 Å². The van der Waals surface area contributed by atoms with Gasteiger partial charge in [-0.3, -0.25) is 19.3 Å². The first-order chi connectivity index (χ1) is 22.2. The van der Waals surface area contributed by atoms with Crippen LogP contribution in [0.2, 0.25) is 0 Å². The maximum atomic E-state index is 13.3. The summed E-state index contributed by atoms with van der Waals surface area (Å²) in [6, 6.07) is 5.07. The van der Waals surface area contributed by atoms with Gasteiger partial charge in [0.1, 0.15) is 17.1 Å². The highest BCUT2D eigenvalue weighted by Crippen LogP contribution is 2.41. The molecular formula is C27H25N7O11S2. The van der Waals surface area contributed by atoms with Crippen LogP contribution in [0.3, 0.4) is 0 Å². The molecule has 1 saturated heterocycles. The maximum absolute atomic E-state index is 13.3. The number of thioether (sulfide) groups is 1. The van der Waals surface area contributed by atoms with Crippen molar-refractivity contribution in [2.24, 2.45) is 5.16 Å². The Morgan fingerprint density at radius 2 is 1.89 bits per heavy atom. The molecule has 0 radical (unpaired) electrons. The summed E-state index contributed by atoms with van der Waals surface area (Å²) in [6.45, 7) is 2.09. The molecule has 5 rings (SSSR count). The van der Waals surface area contributed by atoms with Crippen LogP contribution in [0.25, 0.3) is 10.9 Å². The average Bonchev–Trinajstić information content (AvgIpc) is 3.44. The first-order valence-corrected chi connectivity index (χ1v) is 15.3. The van der Waals surface area contributed by atoms with Gasteiger partial charge in [-0.2, -0.15) is 0 Å². The average molecular weight is 688 g/mol. The fourth-order valence-corrected chi connectivity index (χ4v) is 6.31. The number of benzene rings is 1. The highest BCUT2D eigenvalue weighted by Gasteiger charge is 2.54. The molecule has 8 N–H and O–H groups in total. The van der Waals surface area contributed by atoms with E-state index < -0.39 is 64.2 Å². The van der Waals surface area contributed by atoms with Gasteiger partial charge in [0.25, 0.3) is 23.6 Å². The van der Waals surface area contributed by atoms with Crippen LogP contribution >= 0.6 is 23.1 Å². The number of pyridine rings is 1. The zero-order valence-corrected chi connectivity index (χ0v) is 25.9. The van der Waals surface area contributed by atoms with Crippen molar-refractivity contribution < 1.29 is 54.0 Å². The summed E-state index contributed by atoms with van der Waals surface area (Å²) in [6.07, 6.45) is -1.74. The topological polar surface area (TPSA) is 276 Å². The van der Waals surface area contributed by atoms with E-state index in [1.807, 2.05) is 0 Å². The third-order valence-electron chi connectivity index (χ3n) is 6.86. The van der Waals surface area contributed by atoms with Crippen molar-refractivity contribution in [2.45, 2.75) is 30.9 Å². The number of ether oxygens (including phenoxy) is 1. The minimum Gasteiger partial charge on any atom is -0.503 e. The molecule has 3 amide bonds. The minimum atomic E-state index is -1.82. The lowest BCUT2D eigenvalue weighted by Crippen LogP contribution is -2.70. The molecule has 0 spiro atoms. The lowest BCUT2D eigenvalue weighted by Gasteiger charge is -2.49. The number of nitrogens with one attached hydrogen (secondary N) is 2. The van der Waals surface area contributed by atoms with E-state index in [2.05, 4.69) is 25.8 Å². The number of aliphatic carboxylic acids is 1. The van der Waals surface area contributed by atoms with Gasteiger partial charge in [-0.25, -0.2) is 19.6 Å². The monoisotopic (exact) mass is 687 g/mol. The van der Waals surface area contributed by atoms with Gasteiger partial charge in [-0.05, 0) is 19.9 Å². The SMILES string of the molecule is CC(C)(O/N=C(\C(=O)NC1C(=O)N2C(OC(=O)O)=C(CNC(=O)c3c(O)c(O)nc4ccccc34)CS[C@@H]12)c1csc(N)n1)C(=O)O. The largest absolute Gasteiger partial charge is 0.512 e. The number of thiazole rings is 1. The summed E-state index contributed by atoms with van der Waals surface area (Å²) in [5.41, 5.74) is 3.51. The van der Waals surface area contributed by atoms with Crippen LogP contribution in [0.1, 0.15) is 29.9 Å². The minimum absolute atomic E-state index is 0.0392. The highest BCUT2D eigenvalue weighted by molar-refractivity contribution is 8.00. The fourth-order valence-electron chi connectivity index (χ4n) is 4.44. The number of anilines is 1. The lowest BCUT2D eigenvalue weighted by molar-refractivity contribution is -0.161. The van der Waals surface area contributed by atoms with Gasteiger partial charge < -0.3 is 46.4 Å². The summed E-state index contributed by atoms with van der Waals surface area (Å²) in [4.78, 5) is 76.7. The number of β-lactam (4-membered cyclic amide) rings is 1. The number of nitrogens with zero attached hydrogens (tertiary/aromatic N) is 4. The van der Waals surface area contributed by atoms with E-state index in [1.54, 1.807) is 12.1 Å². The first-order valence-electron chi connectivity index (χ1n) is 13.4. The van der Waals surface area contributed by atoms with E-state index >= 15 is 0 Å². The normalized spacial score (nSPS) is 17.9. The van der Waals surface area contributed by atoms with Crippen LogP contribution in [0, 0.1) is 0 Å². The van der Waals surface area contributed by atoms with Gasteiger partial charge in [-0.15, -0.1) is 23.1 Å². The van der Waals surface area contributed by atoms with Crippen molar-refractivity contribution in [1.82, 2.24) is 25.5 Å². The second kappa shape index (κ2) is 12.6. The van der Waals surface area contributed by atoms with E-state index in [0.717, 1.165) is 28.0 Å². The summed E-state index contributed by atoms with van der Waals surface area (Å²) < 4.78 is 4.93. The molecule has 2 aliphatic rings. The van der Waals surface area contributed by atoms with Gasteiger partial charge in [-0.1, -0.05) is 23.4 Å².